The summed E-state index contributed by atoms with van der Waals surface area (Å²) < 4.78 is 8.51. The number of benzene rings is 3. The molecule has 162 valence electrons. The van der Waals surface area contributed by atoms with Gasteiger partial charge >= 0.3 is 5.63 Å². The molecule has 1 amide bonds. The Balaban J connectivity index is 1.42. The van der Waals surface area contributed by atoms with Gasteiger partial charge in [-0.25, -0.2) is 4.79 Å². The summed E-state index contributed by atoms with van der Waals surface area (Å²) in [5, 5.41) is 6.56. The summed E-state index contributed by atoms with van der Waals surface area (Å²) in [7, 11) is 0. The van der Waals surface area contributed by atoms with E-state index in [-0.39, 0.29) is 5.91 Å². The maximum Gasteiger partial charge on any atom is 0.345 e. The third-order valence-electron chi connectivity index (χ3n) is 6.10. The smallest absolute Gasteiger partial charge is 0.345 e. The SMILES string of the molecule is CCn1c2ccccc2c2cc(NC(=O)c3cc4c(=O)oc5ccc(C)cc5c4s3)ccc21. The Kier molecular flexibility index (Phi) is 4.38. The van der Waals surface area contributed by atoms with E-state index in [9.17, 15) is 9.59 Å². The fraction of sp³-hybridized carbons (Fsp3) is 0.111. The van der Waals surface area contributed by atoms with Crippen molar-refractivity contribution in [2.24, 2.45) is 0 Å². The molecule has 5 nitrogen and oxygen atoms in total. The minimum absolute atomic E-state index is 0.241. The van der Waals surface area contributed by atoms with Crippen LogP contribution in [0, 0.1) is 6.92 Å². The average Bonchev–Trinajstić information content (AvgIpc) is 3.40. The van der Waals surface area contributed by atoms with Gasteiger partial charge in [0.05, 0.1) is 15.0 Å². The molecule has 0 aliphatic heterocycles. The first-order chi connectivity index (χ1) is 16.0. The van der Waals surface area contributed by atoms with E-state index < -0.39 is 5.63 Å². The lowest BCUT2D eigenvalue weighted by molar-refractivity contribution is 0.103. The summed E-state index contributed by atoms with van der Waals surface area (Å²) in [5.74, 6) is -0.241. The first kappa shape index (κ1) is 19.8. The average molecular weight is 453 g/mol. The summed E-state index contributed by atoms with van der Waals surface area (Å²) >= 11 is 1.31. The fourth-order valence-corrected chi connectivity index (χ4v) is 5.65. The maximum absolute atomic E-state index is 13.1. The molecule has 0 radical (unpaired) electrons. The van der Waals surface area contributed by atoms with Crippen LogP contribution in [0.15, 0.2) is 75.9 Å². The van der Waals surface area contributed by atoms with Gasteiger partial charge in [-0.1, -0.05) is 29.8 Å². The van der Waals surface area contributed by atoms with E-state index in [2.05, 4.69) is 28.9 Å². The molecule has 0 spiro atoms. The molecule has 0 aliphatic carbocycles. The van der Waals surface area contributed by atoms with Gasteiger partial charge in [-0.15, -0.1) is 11.3 Å². The summed E-state index contributed by atoms with van der Waals surface area (Å²) in [6, 6.07) is 21.6. The number of nitrogens with zero attached hydrogens (tertiary/aromatic N) is 1. The first-order valence-electron chi connectivity index (χ1n) is 10.8. The van der Waals surface area contributed by atoms with Crippen LogP contribution in [0.3, 0.4) is 0 Å². The van der Waals surface area contributed by atoms with Gasteiger partial charge in [0, 0.05) is 39.4 Å². The molecule has 0 unspecified atom stereocenters. The van der Waals surface area contributed by atoms with Gasteiger partial charge in [-0.2, -0.15) is 0 Å². The van der Waals surface area contributed by atoms with Crippen LogP contribution in [0.4, 0.5) is 5.69 Å². The monoisotopic (exact) mass is 452 g/mol. The van der Waals surface area contributed by atoms with Crippen molar-refractivity contribution in [1.29, 1.82) is 0 Å². The number of para-hydroxylation sites is 1. The van der Waals surface area contributed by atoms with Crippen molar-refractivity contribution in [2.45, 2.75) is 20.4 Å². The van der Waals surface area contributed by atoms with Crippen molar-refractivity contribution in [3.63, 3.8) is 0 Å². The minimum atomic E-state index is -0.426. The number of fused-ring (bicyclic) bond motifs is 6. The number of aryl methyl sites for hydroxylation is 2. The molecule has 0 saturated heterocycles. The molecule has 6 rings (SSSR count). The molecule has 0 bridgehead atoms. The molecule has 3 aromatic carbocycles. The third-order valence-corrected chi connectivity index (χ3v) is 7.27. The van der Waals surface area contributed by atoms with E-state index in [4.69, 9.17) is 4.42 Å². The Morgan fingerprint density at radius 2 is 1.76 bits per heavy atom. The third kappa shape index (κ3) is 3.06. The van der Waals surface area contributed by atoms with Gasteiger partial charge in [-0.3, -0.25) is 4.79 Å². The second-order valence-electron chi connectivity index (χ2n) is 8.19. The molecule has 33 heavy (non-hydrogen) atoms. The van der Waals surface area contributed by atoms with E-state index in [0.717, 1.165) is 44.2 Å². The van der Waals surface area contributed by atoms with E-state index in [1.807, 2.05) is 49.4 Å². The first-order valence-corrected chi connectivity index (χ1v) is 11.6. The van der Waals surface area contributed by atoms with E-state index in [1.54, 1.807) is 12.1 Å². The molecule has 0 fully saturated rings. The van der Waals surface area contributed by atoms with E-state index >= 15 is 0 Å². The Morgan fingerprint density at radius 3 is 2.61 bits per heavy atom. The number of hydrogen-bond acceptors (Lipinski definition) is 4. The molecule has 1 N–H and O–H groups in total. The van der Waals surface area contributed by atoms with Crippen LogP contribution in [-0.4, -0.2) is 10.5 Å². The van der Waals surface area contributed by atoms with E-state index in [1.165, 1.54) is 16.9 Å². The molecular formula is C27H20N2O3S. The van der Waals surface area contributed by atoms with Gasteiger partial charge in [0.2, 0.25) is 0 Å². The summed E-state index contributed by atoms with van der Waals surface area (Å²) in [6.07, 6.45) is 0. The number of nitrogens with one attached hydrogen (secondary N) is 1. The fourth-order valence-electron chi connectivity index (χ4n) is 4.58. The summed E-state index contributed by atoms with van der Waals surface area (Å²) in [5.41, 5.74) is 4.21. The highest BCUT2D eigenvalue weighted by Gasteiger charge is 2.17. The predicted molar refractivity (Wildman–Crippen MR) is 136 cm³/mol. The molecule has 0 aliphatic rings. The lowest BCUT2D eigenvalue weighted by atomic mass is 10.1. The maximum atomic E-state index is 13.1. The van der Waals surface area contributed by atoms with Crippen LogP contribution in [0.25, 0.3) is 42.9 Å². The van der Waals surface area contributed by atoms with Gasteiger partial charge in [-0.05, 0) is 56.3 Å². The molecule has 3 aromatic heterocycles. The molecule has 6 heteroatoms. The standard InChI is InChI=1S/C27H20N2O3S/c1-3-29-21-7-5-4-6-17(21)18-13-16(9-10-22(18)29)28-26(30)24-14-20-25(33-24)19-12-15(2)8-11-23(19)32-27(20)31/h4-14H,3H2,1-2H3,(H,28,30). The van der Waals surface area contributed by atoms with E-state index in [0.29, 0.717) is 15.8 Å². The van der Waals surface area contributed by atoms with Crippen molar-refractivity contribution in [3.8, 4) is 0 Å². The normalized spacial score (nSPS) is 11.7. The number of carbonyl (C=O) groups excluding carboxylic acids is 1. The van der Waals surface area contributed by atoms with Crippen molar-refractivity contribution in [2.75, 3.05) is 5.32 Å². The van der Waals surface area contributed by atoms with Crippen LogP contribution < -0.4 is 10.9 Å². The van der Waals surface area contributed by atoms with Crippen molar-refractivity contribution in [3.05, 3.63) is 87.6 Å². The molecule has 0 atom stereocenters. The number of carbonyl (C=O) groups is 1. The lowest BCUT2D eigenvalue weighted by Gasteiger charge is -2.05. The highest BCUT2D eigenvalue weighted by molar-refractivity contribution is 7.21. The topological polar surface area (TPSA) is 64.2 Å². The van der Waals surface area contributed by atoms with Crippen LogP contribution in [0.1, 0.15) is 22.2 Å². The zero-order valence-corrected chi connectivity index (χ0v) is 19.0. The molecule has 0 saturated carbocycles. The van der Waals surface area contributed by atoms with Crippen LogP contribution in [0.5, 0.6) is 0 Å². The Bertz CT molecular complexity index is 1790. The van der Waals surface area contributed by atoms with Gasteiger partial charge < -0.3 is 14.3 Å². The van der Waals surface area contributed by atoms with Crippen LogP contribution in [-0.2, 0) is 6.54 Å². The van der Waals surface area contributed by atoms with Gasteiger partial charge in [0.15, 0.2) is 0 Å². The van der Waals surface area contributed by atoms with Crippen molar-refractivity contribution >= 4 is 65.8 Å². The summed E-state index contributed by atoms with van der Waals surface area (Å²) in [4.78, 5) is 26.1. The predicted octanol–water partition coefficient (Wildman–Crippen LogP) is 6.70. The largest absolute Gasteiger partial charge is 0.422 e. The minimum Gasteiger partial charge on any atom is -0.422 e. The van der Waals surface area contributed by atoms with Crippen molar-refractivity contribution < 1.29 is 9.21 Å². The molecule has 3 heterocycles. The molecule has 6 aromatic rings. The van der Waals surface area contributed by atoms with Crippen molar-refractivity contribution in [1.82, 2.24) is 4.57 Å². The number of anilines is 1. The quantitative estimate of drug-likeness (QED) is 0.304. The van der Waals surface area contributed by atoms with Gasteiger partial charge in [0.1, 0.15) is 5.58 Å². The Hall–Kier alpha value is -3.90. The Morgan fingerprint density at radius 1 is 0.939 bits per heavy atom. The zero-order valence-electron chi connectivity index (χ0n) is 18.1. The number of aromatic nitrogens is 1. The number of rotatable bonds is 3. The lowest BCUT2D eigenvalue weighted by Crippen LogP contribution is -2.10. The van der Waals surface area contributed by atoms with Crippen LogP contribution >= 0.6 is 11.3 Å². The highest BCUT2D eigenvalue weighted by Crippen LogP contribution is 2.33. The molecular weight excluding hydrogens is 432 g/mol. The zero-order chi connectivity index (χ0) is 22.7. The second kappa shape index (κ2) is 7.32. The van der Waals surface area contributed by atoms with Crippen LogP contribution in [0.2, 0.25) is 0 Å². The highest BCUT2D eigenvalue weighted by atomic mass is 32.1. The summed E-state index contributed by atoms with van der Waals surface area (Å²) in [6.45, 7) is 4.99. The number of thiophene rings is 1. The van der Waals surface area contributed by atoms with Gasteiger partial charge in [0.25, 0.3) is 5.91 Å². The Labute approximate surface area is 192 Å². The second-order valence-corrected chi connectivity index (χ2v) is 9.24. The number of amides is 1. The number of hydrogen-bond donors (Lipinski definition) is 1.